The van der Waals surface area contributed by atoms with Crippen molar-refractivity contribution in [1.29, 1.82) is 0 Å². The normalized spacial score (nSPS) is 15.7. The first-order chi connectivity index (χ1) is 8.58. The first kappa shape index (κ1) is 13.2. The van der Waals surface area contributed by atoms with Crippen LogP contribution >= 0.6 is 15.9 Å². The highest BCUT2D eigenvalue weighted by Gasteiger charge is 2.22. The summed E-state index contributed by atoms with van der Waals surface area (Å²) in [5, 5.41) is 0. The summed E-state index contributed by atoms with van der Waals surface area (Å²) in [7, 11) is 3.59. The van der Waals surface area contributed by atoms with E-state index in [0.717, 1.165) is 30.7 Å². The number of benzene rings is 1. The lowest BCUT2D eigenvalue weighted by Gasteiger charge is -2.37. The molecule has 5 heteroatoms. The highest BCUT2D eigenvalue weighted by molar-refractivity contribution is 9.10. The predicted octanol–water partition coefficient (Wildman–Crippen LogP) is 2.25. The second-order valence-electron chi connectivity index (χ2n) is 4.63. The average Bonchev–Trinajstić information content (AvgIpc) is 2.39. The van der Waals surface area contributed by atoms with Crippen molar-refractivity contribution in [3.63, 3.8) is 0 Å². The second-order valence-corrected chi connectivity index (χ2v) is 5.54. The molecule has 1 aliphatic heterocycles. The topological polar surface area (TPSA) is 26.8 Å². The van der Waals surface area contributed by atoms with Gasteiger partial charge in [-0.1, -0.05) is 15.9 Å². The summed E-state index contributed by atoms with van der Waals surface area (Å²) >= 11 is 3.44. The summed E-state index contributed by atoms with van der Waals surface area (Å²) in [6.07, 6.45) is 0. The summed E-state index contributed by atoms with van der Waals surface area (Å²) < 4.78 is 1.09. The van der Waals surface area contributed by atoms with Crippen molar-refractivity contribution in [2.24, 2.45) is 0 Å². The molecule has 0 radical (unpaired) electrons. The molecule has 0 unspecified atom stereocenters. The van der Waals surface area contributed by atoms with Crippen molar-refractivity contribution in [2.45, 2.75) is 0 Å². The fourth-order valence-electron chi connectivity index (χ4n) is 2.09. The van der Waals surface area contributed by atoms with Crippen LogP contribution in [-0.4, -0.2) is 56.1 Å². The predicted molar refractivity (Wildman–Crippen MR) is 77.0 cm³/mol. The molecule has 1 heterocycles. The van der Waals surface area contributed by atoms with Gasteiger partial charge in [-0.3, -0.25) is 0 Å². The monoisotopic (exact) mass is 311 g/mol. The van der Waals surface area contributed by atoms with Crippen LogP contribution in [0.3, 0.4) is 0 Å². The lowest BCUT2D eigenvalue weighted by Crippen LogP contribution is -2.51. The summed E-state index contributed by atoms with van der Waals surface area (Å²) in [6, 6.07) is 8.41. The third kappa shape index (κ3) is 2.96. The third-order valence-corrected chi connectivity index (χ3v) is 3.65. The van der Waals surface area contributed by atoms with Gasteiger partial charge in [0.15, 0.2) is 0 Å². The molecule has 0 N–H and O–H groups in total. The van der Waals surface area contributed by atoms with Crippen LogP contribution in [0.5, 0.6) is 0 Å². The quantitative estimate of drug-likeness (QED) is 0.795. The van der Waals surface area contributed by atoms with Gasteiger partial charge in [0.25, 0.3) is 0 Å². The Labute approximate surface area is 116 Å². The molecule has 1 saturated heterocycles. The highest BCUT2D eigenvalue weighted by Crippen LogP contribution is 2.19. The van der Waals surface area contributed by atoms with Crippen LogP contribution in [0.25, 0.3) is 0 Å². The first-order valence-corrected chi connectivity index (χ1v) is 6.84. The maximum atomic E-state index is 11.8. The van der Waals surface area contributed by atoms with Gasteiger partial charge < -0.3 is 14.7 Å². The number of rotatable bonds is 1. The molecule has 2 amide bonds. The van der Waals surface area contributed by atoms with Gasteiger partial charge in [0.2, 0.25) is 0 Å². The zero-order valence-electron chi connectivity index (χ0n) is 10.8. The molecular formula is C13H18BrN3O. The third-order valence-electron chi connectivity index (χ3n) is 3.12. The van der Waals surface area contributed by atoms with Crippen LogP contribution < -0.4 is 4.90 Å². The molecule has 1 aliphatic rings. The first-order valence-electron chi connectivity index (χ1n) is 6.04. The summed E-state index contributed by atoms with van der Waals surface area (Å²) in [5.41, 5.74) is 1.22. The minimum absolute atomic E-state index is 0.102. The van der Waals surface area contributed by atoms with E-state index in [9.17, 15) is 4.79 Å². The fraction of sp³-hybridized carbons (Fsp3) is 0.462. The van der Waals surface area contributed by atoms with Crippen LogP contribution in [-0.2, 0) is 0 Å². The zero-order valence-corrected chi connectivity index (χ0v) is 12.4. The molecule has 2 rings (SSSR count). The molecule has 0 bridgehead atoms. The molecule has 1 aromatic carbocycles. The van der Waals surface area contributed by atoms with Crippen LogP contribution in [0.15, 0.2) is 28.7 Å². The fourth-order valence-corrected chi connectivity index (χ4v) is 2.36. The second kappa shape index (κ2) is 5.61. The molecule has 98 valence electrons. The number of urea groups is 1. The van der Waals surface area contributed by atoms with Crippen LogP contribution in [0.2, 0.25) is 0 Å². The molecule has 4 nitrogen and oxygen atoms in total. The molecule has 1 aromatic rings. The Kier molecular flexibility index (Phi) is 4.11. The molecule has 0 atom stereocenters. The summed E-state index contributed by atoms with van der Waals surface area (Å²) in [5.74, 6) is 0. The number of nitrogens with zero attached hydrogens (tertiary/aromatic N) is 3. The standard InChI is InChI=1S/C13H18BrN3O/c1-15(2)13(18)17-9-7-16(8-10-17)12-5-3-11(14)4-6-12/h3-6H,7-10H2,1-2H3. The molecule has 0 spiro atoms. The zero-order chi connectivity index (χ0) is 13.1. The number of carbonyl (C=O) groups excluding carboxylic acids is 1. The molecule has 0 aliphatic carbocycles. The Morgan fingerprint density at radius 3 is 2.17 bits per heavy atom. The Balaban J connectivity index is 1.94. The van der Waals surface area contributed by atoms with Gasteiger partial charge in [0, 0.05) is 50.4 Å². The highest BCUT2D eigenvalue weighted by atomic mass is 79.9. The Hall–Kier alpha value is -1.23. The number of amides is 2. The van der Waals surface area contributed by atoms with Crippen molar-refractivity contribution >= 4 is 27.6 Å². The number of hydrogen-bond donors (Lipinski definition) is 0. The number of halogens is 1. The maximum Gasteiger partial charge on any atom is 0.319 e. The number of carbonyl (C=O) groups is 1. The van der Waals surface area contributed by atoms with Gasteiger partial charge in [-0.15, -0.1) is 0 Å². The van der Waals surface area contributed by atoms with Crippen molar-refractivity contribution in [1.82, 2.24) is 9.80 Å². The maximum absolute atomic E-state index is 11.8. The van der Waals surface area contributed by atoms with Crippen LogP contribution in [0.4, 0.5) is 10.5 Å². The minimum Gasteiger partial charge on any atom is -0.368 e. The van der Waals surface area contributed by atoms with Crippen molar-refractivity contribution < 1.29 is 4.79 Å². The lowest BCUT2D eigenvalue weighted by atomic mass is 10.2. The Bertz CT molecular complexity index is 411. The van der Waals surface area contributed by atoms with E-state index in [1.165, 1.54) is 5.69 Å². The number of piperazine rings is 1. The molecule has 18 heavy (non-hydrogen) atoms. The Morgan fingerprint density at radius 1 is 1.11 bits per heavy atom. The minimum atomic E-state index is 0.102. The van der Waals surface area contributed by atoms with Crippen LogP contribution in [0, 0.1) is 0 Å². The van der Waals surface area contributed by atoms with Gasteiger partial charge in [-0.25, -0.2) is 4.79 Å². The largest absolute Gasteiger partial charge is 0.368 e. The Morgan fingerprint density at radius 2 is 1.67 bits per heavy atom. The van der Waals surface area contributed by atoms with E-state index < -0.39 is 0 Å². The van der Waals surface area contributed by atoms with E-state index in [0.29, 0.717) is 0 Å². The van der Waals surface area contributed by atoms with E-state index in [2.05, 4.69) is 33.0 Å². The average molecular weight is 312 g/mol. The van der Waals surface area contributed by atoms with Crippen molar-refractivity contribution in [3.8, 4) is 0 Å². The van der Waals surface area contributed by atoms with Gasteiger partial charge in [-0.2, -0.15) is 0 Å². The van der Waals surface area contributed by atoms with E-state index >= 15 is 0 Å². The lowest BCUT2D eigenvalue weighted by molar-refractivity contribution is 0.168. The van der Waals surface area contributed by atoms with E-state index in [-0.39, 0.29) is 6.03 Å². The van der Waals surface area contributed by atoms with Crippen LogP contribution in [0.1, 0.15) is 0 Å². The summed E-state index contributed by atoms with van der Waals surface area (Å²) in [6.45, 7) is 3.35. The smallest absolute Gasteiger partial charge is 0.319 e. The molecular weight excluding hydrogens is 294 g/mol. The van der Waals surface area contributed by atoms with Gasteiger partial charge in [-0.05, 0) is 24.3 Å². The summed E-state index contributed by atoms with van der Waals surface area (Å²) in [4.78, 5) is 17.7. The van der Waals surface area contributed by atoms with Crippen molar-refractivity contribution in [3.05, 3.63) is 28.7 Å². The van der Waals surface area contributed by atoms with Crippen molar-refractivity contribution in [2.75, 3.05) is 45.2 Å². The molecule has 1 fully saturated rings. The van der Waals surface area contributed by atoms with E-state index in [4.69, 9.17) is 0 Å². The SMILES string of the molecule is CN(C)C(=O)N1CCN(c2ccc(Br)cc2)CC1. The molecule has 0 aromatic heterocycles. The number of anilines is 1. The van der Waals surface area contributed by atoms with E-state index in [1.807, 2.05) is 17.0 Å². The number of hydrogen-bond acceptors (Lipinski definition) is 2. The van der Waals surface area contributed by atoms with Gasteiger partial charge >= 0.3 is 6.03 Å². The van der Waals surface area contributed by atoms with Gasteiger partial charge in [0.1, 0.15) is 0 Å². The molecule has 0 saturated carbocycles. The van der Waals surface area contributed by atoms with Gasteiger partial charge in [0.05, 0.1) is 0 Å². The van der Waals surface area contributed by atoms with E-state index in [1.54, 1.807) is 19.0 Å².